The van der Waals surface area contributed by atoms with Crippen LogP contribution in [-0.2, 0) is 4.79 Å². The molecule has 2 N–H and O–H groups in total. The van der Waals surface area contributed by atoms with Crippen molar-refractivity contribution in [3.05, 3.63) is 54.2 Å². The zero-order chi connectivity index (χ0) is 19.5. The number of aliphatic imine (C=N–C) groups is 1. The molecule has 0 aliphatic carbocycles. The van der Waals surface area contributed by atoms with Gasteiger partial charge in [0.25, 0.3) is 0 Å². The number of pyridine rings is 1. The van der Waals surface area contributed by atoms with Crippen LogP contribution in [0, 0.1) is 6.92 Å². The minimum absolute atomic E-state index is 0.327. The van der Waals surface area contributed by atoms with Crippen LogP contribution >= 0.6 is 0 Å². The van der Waals surface area contributed by atoms with Crippen LogP contribution in [0.5, 0.6) is 0 Å². The van der Waals surface area contributed by atoms with Gasteiger partial charge in [0.2, 0.25) is 5.91 Å². The maximum atomic E-state index is 11.0. The van der Waals surface area contributed by atoms with Gasteiger partial charge in [-0.3, -0.25) is 10.0 Å². The van der Waals surface area contributed by atoms with Crippen molar-refractivity contribution in [1.29, 1.82) is 0 Å². The van der Waals surface area contributed by atoms with Crippen molar-refractivity contribution in [3.63, 3.8) is 0 Å². The van der Waals surface area contributed by atoms with Crippen LogP contribution in [0.15, 0.2) is 53.7 Å². The molecule has 0 aliphatic heterocycles. The number of para-hydroxylation sites is 1. The molecular formula is C21H28N4O2. The number of nitrogens with zero attached hydrogens (tertiary/aromatic N) is 3. The molecule has 1 amide bonds. The van der Waals surface area contributed by atoms with Gasteiger partial charge in [-0.1, -0.05) is 37.1 Å². The van der Waals surface area contributed by atoms with Crippen LogP contribution in [0.2, 0.25) is 0 Å². The number of hydroxylamine groups is 1. The van der Waals surface area contributed by atoms with E-state index in [1.54, 1.807) is 11.7 Å². The summed E-state index contributed by atoms with van der Waals surface area (Å²) in [5, 5.41) is 8.51. The molecule has 0 fully saturated rings. The Balaban J connectivity index is 2.00. The summed E-state index contributed by atoms with van der Waals surface area (Å²) in [4.78, 5) is 22.5. The highest BCUT2D eigenvalue weighted by Crippen LogP contribution is 2.20. The zero-order valence-corrected chi connectivity index (χ0v) is 16.1. The largest absolute Gasteiger partial charge is 0.315 e. The van der Waals surface area contributed by atoms with E-state index >= 15 is 0 Å². The van der Waals surface area contributed by atoms with E-state index in [-0.39, 0.29) is 5.91 Å². The Bertz CT molecular complexity index is 747. The third kappa shape index (κ3) is 6.83. The Hall–Kier alpha value is -2.73. The van der Waals surface area contributed by atoms with Gasteiger partial charge in [0.1, 0.15) is 11.7 Å². The molecule has 6 nitrogen and oxygen atoms in total. The Labute approximate surface area is 160 Å². The molecule has 1 aromatic heterocycles. The van der Waals surface area contributed by atoms with Gasteiger partial charge in [-0.05, 0) is 50.5 Å². The molecule has 0 unspecified atom stereocenters. The normalized spacial score (nSPS) is 11.3. The van der Waals surface area contributed by atoms with Crippen molar-refractivity contribution in [2.75, 3.05) is 11.4 Å². The maximum Gasteiger partial charge on any atom is 0.243 e. The molecule has 27 heavy (non-hydrogen) atoms. The number of carbonyl (C=O) groups excluding carboxylic acids is 1. The van der Waals surface area contributed by atoms with E-state index in [2.05, 4.69) is 22.9 Å². The molecule has 0 saturated carbocycles. The van der Waals surface area contributed by atoms with Crippen LogP contribution < -0.4 is 10.4 Å². The van der Waals surface area contributed by atoms with E-state index in [0.717, 1.165) is 55.1 Å². The molecule has 0 radical (unpaired) electrons. The molecule has 2 aromatic rings. The van der Waals surface area contributed by atoms with E-state index in [4.69, 9.17) is 10.2 Å². The minimum Gasteiger partial charge on any atom is -0.315 e. The first-order valence-electron chi connectivity index (χ1n) is 9.34. The fraction of sp³-hybridized carbons (Fsp3) is 0.381. The number of nitrogens with one attached hydrogen (secondary N) is 1. The molecule has 1 heterocycles. The van der Waals surface area contributed by atoms with Crippen molar-refractivity contribution < 1.29 is 10.0 Å². The SMILES string of the molecule is CC(=Nc1ccccc1C)N(CCCCCCC(=O)NO)c1ccccn1. The number of rotatable bonds is 9. The Morgan fingerprint density at radius 1 is 1.11 bits per heavy atom. The Kier molecular flexibility index (Phi) is 8.45. The number of hydrogen-bond acceptors (Lipinski definition) is 4. The number of amidine groups is 1. The first-order chi connectivity index (χ1) is 13.1. The number of carbonyl (C=O) groups is 1. The topological polar surface area (TPSA) is 77.8 Å². The third-order valence-electron chi connectivity index (χ3n) is 4.37. The molecule has 6 heteroatoms. The lowest BCUT2D eigenvalue weighted by Crippen LogP contribution is -2.30. The quantitative estimate of drug-likeness (QED) is 0.226. The molecule has 0 aliphatic rings. The number of aryl methyl sites for hydroxylation is 1. The molecule has 144 valence electrons. The average molecular weight is 368 g/mol. The van der Waals surface area contributed by atoms with Crippen molar-refractivity contribution in [2.24, 2.45) is 4.99 Å². The van der Waals surface area contributed by atoms with E-state index in [1.165, 1.54) is 0 Å². The van der Waals surface area contributed by atoms with Crippen LogP contribution in [0.3, 0.4) is 0 Å². The van der Waals surface area contributed by atoms with Gasteiger partial charge >= 0.3 is 0 Å². The first-order valence-corrected chi connectivity index (χ1v) is 9.34. The summed E-state index contributed by atoms with van der Waals surface area (Å²) >= 11 is 0. The lowest BCUT2D eigenvalue weighted by atomic mass is 10.1. The molecule has 1 aromatic carbocycles. The predicted molar refractivity (Wildman–Crippen MR) is 109 cm³/mol. The lowest BCUT2D eigenvalue weighted by molar-refractivity contribution is -0.129. The van der Waals surface area contributed by atoms with Crippen molar-refractivity contribution >= 4 is 23.2 Å². The second-order valence-corrected chi connectivity index (χ2v) is 6.48. The fourth-order valence-electron chi connectivity index (χ4n) is 2.84. The van der Waals surface area contributed by atoms with E-state index in [0.29, 0.717) is 6.42 Å². The van der Waals surface area contributed by atoms with Gasteiger partial charge in [-0.2, -0.15) is 0 Å². The predicted octanol–water partition coefficient (Wildman–Crippen LogP) is 4.40. The lowest BCUT2D eigenvalue weighted by Gasteiger charge is -2.23. The molecule has 0 saturated heterocycles. The number of benzene rings is 1. The summed E-state index contributed by atoms with van der Waals surface area (Å²) in [6.07, 6.45) is 5.83. The number of aromatic nitrogens is 1. The van der Waals surface area contributed by atoms with Crippen LogP contribution in [0.4, 0.5) is 11.5 Å². The summed E-state index contributed by atoms with van der Waals surface area (Å²) in [6.45, 7) is 4.87. The second kappa shape index (κ2) is 11.1. The minimum atomic E-state index is -0.327. The van der Waals surface area contributed by atoms with Crippen molar-refractivity contribution in [2.45, 2.75) is 46.0 Å². The third-order valence-corrected chi connectivity index (χ3v) is 4.37. The van der Waals surface area contributed by atoms with Gasteiger partial charge in [0.15, 0.2) is 0 Å². The van der Waals surface area contributed by atoms with E-state index < -0.39 is 0 Å². The molecule has 2 rings (SSSR count). The fourth-order valence-corrected chi connectivity index (χ4v) is 2.84. The second-order valence-electron chi connectivity index (χ2n) is 6.48. The number of unbranched alkanes of at least 4 members (excludes halogenated alkanes) is 3. The highest BCUT2D eigenvalue weighted by atomic mass is 16.5. The van der Waals surface area contributed by atoms with Crippen molar-refractivity contribution in [3.8, 4) is 0 Å². The van der Waals surface area contributed by atoms with Crippen molar-refractivity contribution in [1.82, 2.24) is 10.5 Å². The molecule has 0 bridgehead atoms. The standard InChI is InChI=1S/C21H28N4O2/c1-17-11-6-7-12-19(17)23-18(2)25(20-13-8-9-15-22-20)16-10-4-3-5-14-21(26)24-27/h6-9,11-13,15,27H,3-5,10,14,16H2,1-2H3,(H,24,26). The van der Waals surface area contributed by atoms with Crippen LogP contribution in [-0.4, -0.2) is 28.5 Å². The number of amides is 1. The summed E-state index contributed by atoms with van der Waals surface area (Å²) in [5.41, 5.74) is 3.77. The Morgan fingerprint density at radius 2 is 1.85 bits per heavy atom. The first kappa shape index (κ1) is 20.6. The monoisotopic (exact) mass is 368 g/mol. The summed E-state index contributed by atoms with van der Waals surface area (Å²) in [6, 6.07) is 13.9. The summed E-state index contributed by atoms with van der Waals surface area (Å²) in [5.74, 6) is 1.46. The smallest absolute Gasteiger partial charge is 0.243 e. The maximum absolute atomic E-state index is 11.0. The number of hydrogen-bond donors (Lipinski definition) is 2. The molecule has 0 atom stereocenters. The van der Waals surface area contributed by atoms with Gasteiger partial charge in [0, 0.05) is 19.2 Å². The highest BCUT2D eigenvalue weighted by molar-refractivity contribution is 5.96. The molecular weight excluding hydrogens is 340 g/mol. The van der Waals surface area contributed by atoms with Crippen LogP contribution in [0.25, 0.3) is 0 Å². The summed E-state index contributed by atoms with van der Waals surface area (Å²) in [7, 11) is 0. The average Bonchev–Trinajstić information content (AvgIpc) is 2.69. The number of anilines is 1. The van der Waals surface area contributed by atoms with Gasteiger partial charge in [0.05, 0.1) is 5.69 Å². The summed E-state index contributed by atoms with van der Waals surface area (Å²) < 4.78 is 0. The van der Waals surface area contributed by atoms with Crippen LogP contribution in [0.1, 0.15) is 44.6 Å². The van der Waals surface area contributed by atoms with Gasteiger partial charge < -0.3 is 4.90 Å². The van der Waals surface area contributed by atoms with Gasteiger partial charge in [-0.25, -0.2) is 15.5 Å². The van der Waals surface area contributed by atoms with E-state index in [1.807, 2.05) is 43.3 Å². The highest BCUT2D eigenvalue weighted by Gasteiger charge is 2.11. The molecule has 0 spiro atoms. The van der Waals surface area contributed by atoms with Gasteiger partial charge in [-0.15, -0.1) is 0 Å². The zero-order valence-electron chi connectivity index (χ0n) is 16.1. The van der Waals surface area contributed by atoms with E-state index in [9.17, 15) is 4.79 Å². The Morgan fingerprint density at radius 3 is 2.56 bits per heavy atom.